The Morgan fingerprint density at radius 3 is 2.57 bits per heavy atom. The summed E-state index contributed by atoms with van der Waals surface area (Å²) in [5.41, 5.74) is 3.76. The van der Waals surface area contributed by atoms with Crippen molar-refractivity contribution in [2.24, 2.45) is 0 Å². The number of carbonyl (C=O) groups excluding carboxylic acids is 1. The molecule has 0 amide bonds. The standard InChI is InChI=1S/C17H18ClNO2/c1-3-12-6-4-5-7-13(12)11-19-14-8-9-16(18)15(10-14)17(20)21-2/h4-10,19H,3,11H2,1-2H3. The molecule has 0 heterocycles. The van der Waals surface area contributed by atoms with Gasteiger partial charge in [0, 0.05) is 12.2 Å². The van der Waals surface area contributed by atoms with Crippen LogP contribution in [0.2, 0.25) is 5.02 Å². The van der Waals surface area contributed by atoms with Gasteiger partial charge in [-0.1, -0.05) is 42.8 Å². The van der Waals surface area contributed by atoms with Crippen LogP contribution < -0.4 is 5.32 Å². The van der Waals surface area contributed by atoms with Gasteiger partial charge in [-0.15, -0.1) is 0 Å². The van der Waals surface area contributed by atoms with Gasteiger partial charge in [0.25, 0.3) is 0 Å². The van der Waals surface area contributed by atoms with Crippen LogP contribution in [-0.4, -0.2) is 13.1 Å². The second kappa shape index (κ2) is 7.14. The average molecular weight is 304 g/mol. The number of aryl methyl sites for hydroxylation is 1. The van der Waals surface area contributed by atoms with Gasteiger partial charge in [0.15, 0.2) is 0 Å². The zero-order valence-electron chi connectivity index (χ0n) is 12.2. The van der Waals surface area contributed by atoms with E-state index in [9.17, 15) is 4.79 Å². The van der Waals surface area contributed by atoms with Gasteiger partial charge in [0.05, 0.1) is 17.7 Å². The van der Waals surface area contributed by atoms with Crippen LogP contribution in [0.4, 0.5) is 5.69 Å². The number of carbonyl (C=O) groups is 1. The van der Waals surface area contributed by atoms with Crippen molar-refractivity contribution in [3.63, 3.8) is 0 Å². The van der Waals surface area contributed by atoms with E-state index in [0.29, 0.717) is 17.1 Å². The van der Waals surface area contributed by atoms with Crippen LogP contribution in [0.15, 0.2) is 42.5 Å². The maximum Gasteiger partial charge on any atom is 0.339 e. The first kappa shape index (κ1) is 15.4. The number of hydrogen-bond acceptors (Lipinski definition) is 3. The molecule has 0 aliphatic rings. The maximum absolute atomic E-state index is 11.6. The summed E-state index contributed by atoms with van der Waals surface area (Å²) >= 11 is 6.01. The van der Waals surface area contributed by atoms with Crippen molar-refractivity contribution in [2.45, 2.75) is 19.9 Å². The third-order valence-corrected chi connectivity index (χ3v) is 3.68. The molecule has 110 valence electrons. The summed E-state index contributed by atoms with van der Waals surface area (Å²) in [5, 5.41) is 3.71. The highest BCUT2D eigenvalue weighted by Crippen LogP contribution is 2.22. The molecule has 0 aliphatic carbocycles. The number of esters is 1. The molecule has 2 aromatic carbocycles. The van der Waals surface area contributed by atoms with E-state index < -0.39 is 5.97 Å². The number of halogens is 1. The van der Waals surface area contributed by atoms with E-state index in [1.165, 1.54) is 18.2 Å². The minimum Gasteiger partial charge on any atom is -0.465 e. The van der Waals surface area contributed by atoms with E-state index in [-0.39, 0.29) is 0 Å². The summed E-state index contributed by atoms with van der Waals surface area (Å²) in [4.78, 5) is 11.6. The average Bonchev–Trinajstić information content (AvgIpc) is 2.53. The van der Waals surface area contributed by atoms with E-state index in [2.05, 4.69) is 24.4 Å². The van der Waals surface area contributed by atoms with E-state index in [0.717, 1.165) is 12.1 Å². The number of methoxy groups -OCH3 is 1. The van der Waals surface area contributed by atoms with Crippen LogP contribution in [0.1, 0.15) is 28.4 Å². The fraction of sp³-hybridized carbons (Fsp3) is 0.235. The fourth-order valence-corrected chi connectivity index (χ4v) is 2.37. The molecular formula is C17H18ClNO2. The molecule has 0 saturated heterocycles. The molecule has 0 saturated carbocycles. The van der Waals surface area contributed by atoms with Gasteiger partial charge in [0.2, 0.25) is 0 Å². The maximum atomic E-state index is 11.6. The third-order valence-electron chi connectivity index (χ3n) is 3.35. The number of benzene rings is 2. The summed E-state index contributed by atoms with van der Waals surface area (Å²) < 4.78 is 4.72. The first-order chi connectivity index (χ1) is 10.2. The third kappa shape index (κ3) is 3.76. The lowest BCUT2D eigenvalue weighted by Gasteiger charge is -2.11. The molecule has 2 rings (SSSR count). The monoisotopic (exact) mass is 303 g/mol. The van der Waals surface area contributed by atoms with E-state index >= 15 is 0 Å². The first-order valence-corrected chi connectivity index (χ1v) is 7.22. The Bertz CT molecular complexity index is 640. The first-order valence-electron chi connectivity index (χ1n) is 6.84. The Hall–Kier alpha value is -2.00. The van der Waals surface area contributed by atoms with Gasteiger partial charge in [-0.2, -0.15) is 0 Å². The van der Waals surface area contributed by atoms with E-state index in [1.807, 2.05) is 18.2 Å². The van der Waals surface area contributed by atoms with Crippen LogP contribution >= 0.6 is 11.6 Å². The molecule has 21 heavy (non-hydrogen) atoms. The number of anilines is 1. The van der Waals surface area contributed by atoms with Gasteiger partial charge < -0.3 is 10.1 Å². The molecule has 0 atom stereocenters. The lowest BCUT2D eigenvalue weighted by molar-refractivity contribution is 0.0601. The number of nitrogens with one attached hydrogen (secondary N) is 1. The molecule has 2 aromatic rings. The number of ether oxygens (including phenoxy) is 1. The van der Waals surface area contributed by atoms with E-state index in [4.69, 9.17) is 16.3 Å². The van der Waals surface area contributed by atoms with Crippen molar-refractivity contribution in [3.05, 3.63) is 64.2 Å². The predicted molar refractivity (Wildman–Crippen MR) is 85.9 cm³/mol. The van der Waals surface area contributed by atoms with Gasteiger partial charge in [-0.3, -0.25) is 0 Å². The van der Waals surface area contributed by atoms with Crippen LogP contribution in [0.5, 0.6) is 0 Å². The quantitative estimate of drug-likeness (QED) is 0.837. The zero-order valence-corrected chi connectivity index (χ0v) is 12.9. The Balaban J connectivity index is 2.15. The molecule has 0 bridgehead atoms. The summed E-state index contributed by atoms with van der Waals surface area (Å²) in [6, 6.07) is 13.5. The smallest absolute Gasteiger partial charge is 0.339 e. The molecule has 0 unspecified atom stereocenters. The lowest BCUT2D eigenvalue weighted by atomic mass is 10.1. The molecule has 0 radical (unpaired) electrons. The highest BCUT2D eigenvalue weighted by atomic mass is 35.5. The minimum absolute atomic E-state index is 0.368. The summed E-state index contributed by atoms with van der Waals surface area (Å²) in [6.45, 7) is 2.84. The van der Waals surface area contributed by atoms with Crippen molar-refractivity contribution in [2.75, 3.05) is 12.4 Å². The van der Waals surface area contributed by atoms with Gasteiger partial charge >= 0.3 is 5.97 Å². The normalized spacial score (nSPS) is 10.2. The molecule has 0 aromatic heterocycles. The molecule has 0 fully saturated rings. The second-order valence-corrected chi connectivity index (χ2v) is 5.07. The van der Waals surface area contributed by atoms with Crippen LogP contribution in [0.3, 0.4) is 0 Å². The minimum atomic E-state index is -0.433. The largest absolute Gasteiger partial charge is 0.465 e. The molecule has 1 N–H and O–H groups in total. The molecule has 4 heteroatoms. The van der Waals surface area contributed by atoms with Gasteiger partial charge in [-0.05, 0) is 35.7 Å². The number of hydrogen-bond donors (Lipinski definition) is 1. The molecule has 0 aliphatic heterocycles. The highest BCUT2D eigenvalue weighted by Gasteiger charge is 2.11. The van der Waals surface area contributed by atoms with Crippen molar-refractivity contribution >= 4 is 23.3 Å². The molecule has 0 spiro atoms. The van der Waals surface area contributed by atoms with Crippen LogP contribution in [0, 0.1) is 0 Å². The Labute approximate surface area is 129 Å². The topological polar surface area (TPSA) is 38.3 Å². The summed E-state index contributed by atoms with van der Waals surface area (Å²) in [6.07, 6.45) is 0.992. The zero-order chi connectivity index (χ0) is 15.2. The number of rotatable bonds is 5. The predicted octanol–water partition coefficient (Wildman–Crippen LogP) is 4.30. The van der Waals surface area contributed by atoms with Crippen LogP contribution in [-0.2, 0) is 17.7 Å². The SMILES string of the molecule is CCc1ccccc1CNc1ccc(Cl)c(C(=O)OC)c1. The summed E-state index contributed by atoms with van der Waals surface area (Å²) in [5.74, 6) is -0.433. The highest BCUT2D eigenvalue weighted by molar-refractivity contribution is 6.33. The second-order valence-electron chi connectivity index (χ2n) is 4.66. The Kier molecular flexibility index (Phi) is 5.23. The van der Waals surface area contributed by atoms with Crippen molar-refractivity contribution in [1.82, 2.24) is 0 Å². The Morgan fingerprint density at radius 1 is 1.19 bits per heavy atom. The molecular weight excluding hydrogens is 286 g/mol. The molecule has 3 nitrogen and oxygen atoms in total. The van der Waals surface area contributed by atoms with Crippen molar-refractivity contribution < 1.29 is 9.53 Å². The van der Waals surface area contributed by atoms with E-state index in [1.54, 1.807) is 12.1 Å². The van der Waals surface area contributed by atoms with Gasteiger partial charge in [0.1, 0.15) is 0 Å². The van der Waals surface area contributed by atoms with Crippen molar-refractivity contribution in [3.8, 4) is 0 Å². The van der Waals surface area contributed by atoms with Crippen molar-refractivity contribution in [1.29, 1.82) is 0 Å². The summed E-state index contributed by atoms with van der Waals surface area (Å²) in [7, 11) is 1.34. The Morgan fingerprint density at radius 2 is 1.90 bits per heavy atom. The lowest BCUT2D eigenvalue weighted by Crippen LogP contribution is -2.06. The van der Waals surface area contributed by atoms with Crippen LogP contribution in [0.25, 0.3) is 0 Å². The van der Waals surface area contributed by atoms with Gasteiger partial charge in [-0.25, -0.2) is 4.79 Å². The fourth-order valence-electron chi connectivity index (χ4n) is 2.17.